The quantitative estimate of drug-likeness (QED) is 0.167. The lowest BCUT2D eigenvalue weighted by Crippen LogP contribution is -2.72. The summed E-state index contributed by atoms with van der Waals surface area (Å²) >= 11 is 0. The van der Waals surface area contributed by atoms with Gasteiger partial charge in [-0.2, -0.15) is 0 Å². The van der Waals surface area contributed by atoms with Crippen LogP contribution in [0.25, 0.3) is 0 Å². The van der Waals surface area contributed by atoms with E-state index in [2.05, 4.69) is 66.3 Å². The highest BCUT2D eigenvalue weighted by atomic mass is 16.5. The smallest absolute Gasteiger partial charge is 0.251 e. The van der Waals surface area contributed by atoms with Gasteiger partial charge in [0, 0.05) is 71.7 Å². The van der Waals surface area contributed by atoms with E-state index < -0.39 is 0 Å². The summed E-state index contributed by atoms with van der Waals surface area (Å²) in [5, 5.41) is 14.9. The number of benzene rings is 3. The average molecular weight is 735 g/mol. The maximum atomic E-state index is 13.5. The molecule has 5 atom stereocenters. The van der Waals surface area contributed by atoms with Gasteiger partial charge in [-0.25, -0.2) is 0 Å². The number of carbonyl (C=O) groups excluding carboxylic acids is 3. The van der Waals surface area contributed by atoms with Crippen molar-refractivity contribution in [2.24, 2.45) is 0 Å². The lowest BCUT2D eigenvalue weighted by atomic mass is 9.83. The fourth-order valence-electron chi connectivity index (χ4n) is 9.23. The van der Waals surface area contributed by atoms with Gasteiger partial charge in [0.1, 0.15) is 0 Å². The van der Waals surface area contributed by atoms with Crippen LogP contribution in [0.5, 0.6) is 0 Å². The molecular formula is C44H58N6O4. The molecule has 4 N–H and O–H groups in total. The van der Waals surface area contributed by atoms with Crippen molar-refractivity contribution in [1.29, 1.82) is 0 Å². The SMILES string of the molecule is CCC(=O)N1c2ccccc2[C@H](Nc2ccc(C(=O)NC(C)C3(NC4CCC(N[C@@H]5C[C@H](C)N(C(=O)CC)c6ccccc65)CC4)COC3)cc2)C[C@@H]1C. The number of hydrogen-bond donors (Lipinski definition) is 4. The Morgan fingerprint density at radius 1 is 0.741 bits per heavy atom. The second-order valence-corrected chi connectivity index (χ2v) is 16.1. The summed E-state index contributed by atoms with van der Waals surface area (Å²) in [4.78, 5) is 43.0. The molecule has 3 heterocycles. The van der Waals surface area contributed by atoms with E-state index in [1.807, 2.05) is 72.2 Å². The zero-order valence-electron chi connectivity index (χ0n) is 32.6. The fourth-order valence-corrected chi connectivity index (χ4v) is 9.23. The van der Waals surface area contributed by atoms with Gasteiger partial charge in [-0.15, -0.1) is 0 Å². The summed E-state index contributed by atoms with van der Waals surface area (Å²) in [5.74, 6) is 0.225. The number of hydrogen-bond acceptors (Lipinski definition) is 7. The first-order valence-corrected chi connectivity index (χ1v) is 20.2. The summed E-state index contributed by atoms with van der Waals surface area (Å²) in [6, 6.07) is 25.4. The van der Waals surface area contributed by atoms with Crippen LogP contribution in [0.15, 0.2) is 72.8 Å². The van der Waals surface area contributed by atoms with Crippen molar-refractivity contribution in [3.63, 3.8) is 0 Å². The number of amides is 3. The lowest BCUT2D eigenvalue weighted by molar-refractivity contribution is -0.119. The number of para-hydroxylation sites is 2. The van der Waals surface area contributed by atoms with E-state index in [-0.39, 0.29) is 53.5 Å². The van der Waals surface area contributed by atoms with Crippen LogP contribution < -0.4 is 31.1 Å². The summed E-state index contributed by atoms with van der Waals surface area (Å²) in [7, 11) is 0. The van der Waals surface area contributed by atoms with E-state index >= 15 is 0 Å². The maximum Gasteiger partial charge on any atom is 0.251 e. The Labute approximate surface area is 320 Å². The van der Waals surface area contributed by atoms with E-state index in [1.165, 1.54) is 5.56 Å². The minimum atomic E-state index is -0.298. The van der Waals surface area contributed by atoms with Crippen LogP contribution in [0.1, 0.15) is 120 Å². The highest BCUT2D eigenvalue weighted by Crippen LogP contribution is 2.40. The van der Waals surface area contributed by atoms with Crippen molar-refractivity contribution in [1.82, 2.24) is 16.0 Å². The van der Waals surface area contributed by atoms with E-state index in [4.69, 9.17) is 4.74 Å². The number of nitrogens with one attached hydrogen (secondary N) is 4. The first-order chi connectivity index (χ1) is 26.1. The van der Waals surface area contributed by atoms with Gasteiger partial charge in [-0.05, 0) is 107 Å². The molecule has 10 nitrogen and oxygen atoms in total. The molecule has 288 valence electrons. The molecule has 3 aromatic rings. The number of anilines is 3. The third kappa shape index (κ3) is 7.66. The molecule has 0 bridgehead atoms. The number of ether oxygens (including phenoxy) is 1. The number of nitrogens with zero attached hydrogens (tertiary/aromatic N) is 2. The molecule has 1 unspecified atom stereocenters. The molecule has 3 aliphatic heterocycles. The predicted molar refractivity (Wildman–Crippen MR) is 215 cm³/mol. The van der Waals surface area contributed by atoms with Crippen molar-refractivity contribution < 1.29 is 19.1 Å². The van der Waals surface area contributed by atoms with Crippen LogP contribution in [0.4, 0.5) is 17.1 Å². The van der Waals surface area contributed by atoms with Crippen LogP contribution >= 0.6 is 0 Å². The Morgan fingerprint density at radius 3 is 1.80 bits per heavy atom. The summed E-state index contributed by atoms with van der Waals surface area (Å²) in [6.07, 6.45) is 6.94. The monoisotopic (exact) mass is 734 g/mol. The molecule has 7 rings (SSSR count). The Kier molecular flexibility index (Phi) is 11.4. The van der Waals surface area contributed by atoms with Crippen molar-refractivity contribution >= 4 is 34.8 Å². The third-order valence-corrected chi connectivity index (χ3v) is 12.4. The predicted octanol–water partition coefficient (Wildman–Crippen LogP) is 7.03. The number of carbonyl (C=O) groups is 3. The Morgan fingerprint density at radius 2 is 1.26 bits per heavy atom. The second kappa shape index (κ2) is 16.2. The largest absolute Gasteiger partial charge is 0.378 e. The van der Waals surface area contributed by atoms with Crippen LogP contribution in [0.2, 0.25) is 0 Å². The van der Waals surface area contributed by atoms with Crippen LogP contribution in [-0.4, -0.2) is 66.7 Å². The molecule has 0 spiro atoms. The van der Waals surface area contributed by atoms with Crippen molar-refractivity contribution in [3.05, 3.63) is 89.5 Å². The van der Waals surface area contributed by atoms with Crippen molar-refractivity contribution in [2.45, 2.75) is 134 Å². The van der Waals surface area contributed by atoms with Crippen LogP contribution in [-0.2, 0) is 14.3 Å². The molecular weight excluding hydrogens is 677 g/mol. The molecule has 4 aliphatic rings. The van der Waals surface area contributed by atoms with Gasteiger partial charge in [0.05, 0.1) is 24.8 Å². The molecule has 1 saturated heterocycles. The molecule has 0 radical (unpaired) electrons. The highest BCUT2D eigenvalue weighted by molar-refractivity contribution is 5.96. The van der Waals surface area contributed by atoms with Crippen LogP contribution in [0.3, 0.4) is 0 Å². The standard InChI is InChI=1S/C44H58N6O4/c1-6-41(51)49-28(3)24-37(35-12-8-10-14-39(35)49)46-32-18-16-31(17-19-32)43(53)45-30(5)44(26-54-27-44)48-34-22-20-33(21-23-34)47-38-25-29(4)50(42(52)7-2)40-15-11-9-13-36(38)40/h8-19,28-30,33-34,37-38,46-48H,6-7,20-27H2,1-5H3,(H,45,53)/t28-,29-,30?,33?,34?,37+,38+/m0/s1. The Bertz CT molecular complexity index is 1800. The lowest BCUT2D eigenvalue weighted by Gasteiger charge is -2.49. The molecule has 10 heteroatoms. The van der Waals surface area contributed by atoms with Gasteiger partial charge < -0.3 is 35.8 Å². The number of fused-ring (bicyclic) bond motifs is 2. The van der Waals surface area contributed by atoms with Gasteiger partial charge in [0.15, 0.2) is 0 Å². The molecule has 1 aliphatic carbocycles. The topological polar surface area (TPSA) is 115 Å². The van der Waals surface area contributed by atoms with Gasteiger partial charge in [-0.3, -0.25) is 14.4 Å². The van der Waals surface area contributed by atoms with E-state index in [0.717, 1.165) is 61.2 Å². The summed E-state index contributed by atoms with van der Waals surface area (Å²) in [5.41, 5.74) is 5.61. The second-order valence-electron chi connectivity index (χ2n) is 16.1. The zero-order chi connectivity index (χ0) is 38.0. The number of rotatable bonds is 11. The maximum absolute atomic E-state index is 13.5. The summed E-state index contributed by atoms with van der Waals surface area (Å²) < 4.78 is 5.75. The first kappa shape index (κ1) is 38.0. The first-order valence-electron chi connectivity index (χ1n) is 20.2. The van der Waals surface area contributed by atoms with Gasteiger partial charge in [0.2, 0.25) is 11.8 Å². The van der Waals surface area contributed by atoms with Crippen LogP contribution in [0, 0.1) is 0 Å². The average Bonchev–Trinajstić information content (AvgIpc) is 3.16. The normalized spacial score (nSPS) is 26.5. The molecule has 3 amide bonds. The van der Waals surface area contributed by atoms with E-state index in [0.29, 0.717) is 43.7 Å². The fraction of sp³-hybridized carbons (Fsp3) is 0.523. The summed E-state index contributed by atoms with van der Waals surface area (Å²) in [6.45, 7) is 11.3. The van der Waals surface area contributed by atoms with E-state index in [9.17, 15) is 14.4 Å². The Balaban J connectivity index is 0.918. The van der Waals surface area contributed by atoms with Gasteiger partial charge in [-0.1, -0.05) is 50.2 Å². The van der Waals surface area contributed by atoms with E-state index in [1.54, 1.807) is 0 Å². The molecule has 54 heavy (non-hydrogen) atoms. The Hall–Kier alpha value is -4.25. The minimum absolute atomic E-state index is 0.0586. The van der Waals surface area contributed by atoms with Gasteiger partial charge in [0.25, 0.3) is 5.91 Å². The minimum Gasteiger partial charge on any atom is -0.378 e. The van der Waals surface area contributed by atoms with Crippen molar-refractivity contribution in [2.75, 3.05) is 28.3 Å². The molecule has 1 saturated carbocycles. The third-order valence-electron chi connectivity index (χ3n) is 12.4. The van der Waals surface area contributed by atoms with Crippen molar-refractivity contribution in [3.8, 4) is 0 Å². The molecule has 3 aromatic carbocycles. The molecule has 0 aromatic heterocycles. The zero-order valence-corrected chi connectivity index (χ0v) is 32.6. The van der Waals surface area contributed by atoms with Gasteiger partial charge >= 0.3 is 0 Å². The molecule has 2 fully saturated rings. The highest BCUT2D eigenvalue weighted by Gasteiger charge is 2.46.